The van der Waals surface area contributed by atoms with E-state index in [-0.39, 0.29) is 0 Å². The van der Waals surface area contributed by atoms with Gasteiger partial charge in [0, 0.05) is 47.5 Å². The number of aromatic nitrogens is 2. The summed E-state index contributed by atoms with van der Waals surface area (Å²) in [5.74, 6) is 0. The molecular weight excluding hydrogens is 350 g/mol. The number of fused-ring (bicyclic) bond motifs is 3. The van der Waals surface area contributed by atoms with Crippen LogP contribution in [0.15, 0.2) is 47.1 Å². The fourth-order valence-electron chi connectivity index (χ4n) is 3.30. The first-order valence-corrected chi connectivity index (χ1v) is 8.60. The molecule has 0 bridgehead atoms. The van der Waals surface area contributed by atoms with E-state index in [1.54, 1.807) is 0 Å². The third-order valence-electron chi connectivity index (χ3n) is 4.42. The molecule has 0 unspecified atom stereocenters. The third-order valence-corrected chi connectivity index (χ3v) is 4.92. The lowest BCUT2D eigenvalue weighted by Gasteiger charge is -2.23. The summed E-state index contributed by atoms with van der Waals surface area (Å²) in [5, 5.41) is 1.34. The zero-order valence-corrected chi connectivity index (χ0v) is 14.6. The van der Waals surface area contributed by atoms with Crippen molar-refractivity contribution in [3.63, 3.8) is 0 Å². The highest BCUT2D eigenvalue weighted by molar-refractivity contribution is 9.10. The highest BCUT2D eigenvalue weighted by Gasteiger charge is 2.21. The first kappa shape index (κ1) is 14.7. The molecule has 0 aliphatic carbocycles. The Morgan fingerprint density at radius 1 is 1.22 bits per heavy atom. The van der Waals surface area contributed by atoms with Crippen LogP contribution in [0.25, 0.3) is 23.2 Å². The summed E-state index contributed by atoms with van der Waals surface area (Å²) in [7, 11) is 2.19. The molecule has 116 valence electrons. The van der Waals surface area contributed by atoms with Crippen LogP contribution in [0.5, 0.6) is 0 Å². The van der Waals surface area contributed by atoms with E-state index in [4.69, 9.17) is 0 Å². The topological polar surface area (TPSA) is 21.1 Å². The first-order valence-electron chi connectivity index (χ1n) is 7.81. The molecule has 4 rings (SSSR count). The molecule has 3 heterocycles. The van der Waals surface area contributed by atoms with Gasteiger partial charge in [-0.1, -0.05) is 22.0 Å². The van der Waals surface area contributed by atoms with Gasteiger partial charge in [0.2, 0.25) is 0 Å². The molecule has 23 heavy (non-hydrogen) atoms. The van der Waals surface area contributed by atoms with Crippen molar-refractivity contribution in [2.24, 2.45) is 0 Å². The molecule has 1 aliphatic rings. The molecule has 1 aromatic carbocycles. The van der Waals surface area contributed by atoms with Crippen molar-refractivity contribution in [1.82, 2.24) is 14.5 Å². The van der Waals surface area contributed by atoms with Gasteiger partial charge in [-0.3, -0.25) is 4.98 Å². The second kappa shape index (κ2) is 5.95. The van der Waals surface area contributed by atoms with Gasteiger partial charge < -0.3 is 9.47 Å². The van der Waals surface area contributed by atoms with Gasteiger partial charge in [0.05, 0.1) is 11.2 Å². The molecule has 3 nitrogen and oxygen atoms in total. The van der Waals surface area contributed by atoms with Crippen molar-refractivity contribution in [2.75, 3.05) is 13.6 Å². The van der Waals surface area contributed by atoms with Crippen molar-refractivity contribution in [3.05, 3.63) is 64.0 Å². The number of nitrogens with zero attached hydrogens (tertiary/aromatic N) is 3. The van der Waals surface area contributed by atoms with Crippen molar-refractivity contribution in [3.8, 4) is 0 Å². The van der Waals surface area contributed by atoms with Gasteiger partial charge in [0.1, 0.15) is 0 Å². The number of likely N-dealkylation sites (N-methyl/N-ethyl adjacent to an activating group) is 1. The maximum Gasteiger partial charge on any atom is 0.0644 e. The molecule has 0 saturated carbocycles. The lowest BCUT2D eigenvalue weighted by Crippen LogP contribution is -2.26. The van der Waals surface area contributed by atoms with Gasteiger partial charge in [0.25, 0.3) is 0 Å². The van der Waals surface area contributed by atoms with Gasteiger partial charge >= 0.3 is 0 Å². The minimum absolute atomic E-state index is 0.980. The Balaban J connectivity index is 1.87. The predicted octanol–water partition coefficient (Wildman–Crippen LogP) is 4.41. The van der Waals surface area contributed by atoms with E-state index in [1.165, 1.54) is 22.2 Å². The molecular formula is C19H18BrN3. The summed E-state index contributed by atoms with van der Waals surface area (Å²) < 4.78 is 3.46. The van der Waals surface area contributed by atoms with Crippen molar-refractivity contribution < 1.29 is 0 Å². The number of rotatable bonds is 2. The Hall–Kier alpha value is -1.91. The predicted molar refractivity (Wildman–Crippen MR) is 99.1 cm³/mol. The van der Waals surface area contributed by atoms with Crippen LogP contribution in [0, 0.1) is 0 Å². The Morgan fingerprint density at radius 2 is 2.13 bits per heavy atom. The summed E-state index contributed by atoms with van der Waals surface area (Å²) in [4.78, 5) is 6.77. The molecule has 0 amide bonds. The second-order valence-electron chi connectivity index (χ2n) is 6.01. The third kappa shape index (κ3) is 2.73. The molecule has 4 heteroatoms. The number of benzene rings is 1. The van der Waals surface area contributed by atoms with Crippen LogP contribution in [-0.4, -0.2) is 28.0 Å². The summed E-state index contributed by atoms with van der Waals surface area (Å²) in [5.41, 5.74) is 5.11. The second-order valence-corrected chi connectivity index (χ2v) is 6.93. The largest absolute Gasteiger partial charge is 0.320 e. The average Bonchev–Trinajstić information content (AvgIpc) is 2.86. The van der Waals surface area contributed by atoms with Crippen LogP contribution < -0.4 is 0 Å². The fraction of sp³-hybridized carbons (Fsp3) is 0.211. The minimum Gasteiger partial charge on any atom is -0.320 e. The van der Waals surface area contributed by atoms with Gasteiger partial charge in [-0.15, -0.1) is 0 Å². The van der Waals surface area contributed by atoms with E-state index in [1.807, 2.05) is 24.4 Å². The van der Waals surface area contributed by atoms with E-state index in [0.29, 0.717) is 0 Å². The molecule has 0 spiro atoms. The molecule has 0 saturated heterocycles. The molecule has 3 aromatic rings. The van der Waals surface area contributed by atoms with Crippen LogP contribution in [0.1, 0.15) is 17.0 Å². The van der Waals surface area contributed by atoms with E-state index >= 15 is 0 Å². The maximum atomic E-state index is 4.38. The summed E-state index contributed by atoms with van der Waals surface area (Å²) in [6, 6.07) is 12.5. The molecule has 2 aromatic heterocycles. The maximum absolute atomic E-state index is 4.38. The van der Waals surface area contributed by atoms with Crippen molar-refractivity contribution >= 4 is 39.1 Å². The van der Waals surface area contributed by atoms with E-state index in [0.717, 1.165) is 29.7 Å². The van der Waals surface area contributed by atoms with Crippen molar-refractivity contribution in [2.45, 2.75) is 13.0 Å². The number of hydrogen-bond acceptors (Lipinski definition) is 2. The number of halogens is 1. The molecule has 0 N–H and O–H groups in total. The Morgan fingerprint density at radius 3 is 2.96 bits per heavy atom. The number of hydrogen-bond donors (Lipinski definition) is 0. The standard InChI is InChI=1S/C19H18BrN3/c1-22-10-8-19-17(13-22)16-12-14(20)5-6-18(16)23(19)11-7-15-4-2-3-9-21-15/h2-7,9,11-12H,8,10,13H2,1H3/b11-7+. The summed E-state index contributed by atoms with van der Waals surface area (Å²) in [6.07, 6.45) is 7.14. The van der Waals surface area contributed by atoms with Gasteiger partial charge in [0.15, 0.2) is 0 Å². The normalized spacial score (nSPS) is 15.4. The van der Waals surface area contributed by atoms with Gasteiger partial charge in [-0.2, -0.15) is 0 Å². The molecule has 0 fully saturated rings. The molecule has 0 radical (unpaired) electrons. The van der Waals surface area contributed by atoms with Crippen LogP contribution in [0.3, 0.4) is 0 Å². The van der Waals surface area contributed by atoms with Crippen LogP contribution in [0.2, 0.25) is 0 Å². The summed E-state index contributed by atoms with van der Waals surface area (Å²) in [6.45, 7) is 2.11. The highest BCUT2D eigenvalue weighted by atomic mass is 79.9. The monoisotopic (exact) mass is 367 g/mol. The lowest BCUT2D eigenvalue weighted by molar-refractivity contribution is 0.312. The Bertz CT molecular complexity index is 881. The van der Waals surface area contributed by atoms with Crippen LogP contribution >= 0.6 is 15.9 Å². The van der Waals surface area contributed by atoms with Crippen LogP contribution in [0.4, 0.5) is 0 Å². The van der Waals surface area contributed by atoms with E-state index in [9.17, 15) is 0 Å². The fourth-order valence-corrected chi connectivity index (χ4v) is 3.66. The highest BCUT2D eigenvalue weighted by Crippen LogP contribution is 2.32. The molecule has 0 atom stereocenters. The number of pyridine rings is 1. The quantitative estimate of drug-likeness (QED) is 0.668. The zero-order valence-electron chi connectivity index (χ0n) is 13.0. The van der Waals surface area contributed by atoms with E-state index < -0.39 is 0 Å². The van der Waals surface area contributed by atoms with Crippen LogP contribution in [-0.2, 0) is 13.0 Å². The Kier molecular flexibility index (Phi) is 3.79. The minimum atomic E-state index is 0.980. The smallest absolute Gasteiger partial charge is 0.0644 e. The average molecular weight is 368 g/mol. The van der Waals surface area contributed by atoms with Crippen molar-refractivity contribution in [1.29, 1.82) is 0 Å². The summed E-state index contributed by atoms with van der Waals surface area (Å²) >= 11 is 3.61. The zero-order chi connectivity index (χ0) is 15.8. The van der Waals surface area contributed by atoms with Gasteiger partial charge in [-0.25, -0.2) is 0 Å². The SMILES string of the molecule is CN1CCc2c(c3cc(Br)ccc3n2/C=C/c2ccccn2)C1. The lowest BCUT2D eigenvalue weighted by atomic mass is 10.1. The van der Waals surface area contributed by atoms with E-state index in [2.05, 4.69) is 67.9 Å². The first-order chi connectivity index (χ1) is 11.2. The Labute approximate surface area is 144 Å². The van der Waals surface area contributed by atoms with Gasteiger partial charge in [-0.05, 0) is 49.0 Å². The molecule has 1 aliphatic heterocycles.